The fourth-order valence-corrected chi connectivity index (χ4v) is 0.852. The van der Waals surface area contributed by atoms with Gasteiger partial charge in [0.15, 0.2) is 0 Å². The van der Waals surface area contributed by atoms with E-state index in [2.05, 4.69) is 0 Å². The van der Waals surface area contributed by atoms with Gasteiger partial charge in [0.2, 0.25) is 0 Å². The molecule has 0 aromatic carbocycles. The van der Waals surface area contributed by atoms with Crippen molar-refractivity contribution >= 4 is 0 Å². The first-order valence-corrected chi connectivity index (χ1v) is 3.02. The Balaban J connectivity index is 2.74. The van der Waals surface area contributed by atoms with E-state index in [0.717, 1.165) is 11.3 Å². The molecule has 3 N–H and O–H groups in total. The van der Waals surface area contributed by atoms with Gasteiger partial charge in [-0.3, -0.25) is 0 Å². The molecule has 0 aromatic heterocycles. The molecule has 0 fully saturated rings. The summed E-state index contributed by atoms with van der Waals surface area (Å²) in [5.74, 6) is 0. The van der Waals surface area contributed by atoms with Gasteiger partial charge in [0, 0.05) is 5.70 Å². The predicted octanol–water partition coefficient (Wildman–Crippen LogP) is 0.540. The molecule has 1 unspecified atom stereocenters. The fourth-order valence-electron chi connectivity index (χ4n) is 0.852. The third kappa shape index (κ3) is 1.33. The molecule has 9 heavy (non-hydrogen) atoms. The summed E-state index contributed by atoms with van der Waals surface area (Å²) in [6.07, 6.45) is 3.98. The van der Waals surface area contributed by atoms with Gasteiger partial charge in [-0.15, -0.1) is 0 Å². The van der Waals surface area contributed by atoms with Crippen molar-refractivity contribution in [3.8, 4) is 0 Å². The zero-order chi connectivity index (χ0) is 6.85. The van der Waals surface area contributed by atoms with Crippen molar-refractivity contribution in [2.24, 2.45) is 5.73 Å². The largest absolute Gasteiger partial charge is 0.399 e. The van der Waals surface area contributed by atoms with Crippen LogP contribution < -0.4 is 5.73 Å². The molecule has 0 heterocycles. The Bertz CT molecular complexity index is 170. The summed E-state index contributed by atoms with van der Waals surface area (Å²) in [7, 11) is 0. The molecule has 1 aliphatic carbocycles. The average Bonchev–Trinajstić information content (AvgIpc) is 1.80. The lowest BCUT2D eigenvalue weighted by atomic mass is 10.0. The quantitative estimate of drug-likeness (QED) is 0.496. The number of allylic oxidation sites excluding steroid dienone is 1. The maximum absolute atomic E-state index is 9.13. The fraction of sp³-hybridized carbons (Fsp3) is 0.429. The van der Waals surface area contributed by atoms with Crippen LogP contribution in [0.25, 0.3) is 0 Å². The molecule has 0 saturated heterocycles. The van der Waals surface area contributed by atoms with Gasteiger partial charge in [0.25, 0.3) is 0 Å². The van der Waals surface area contributed by atoms with Crippen LogP contribution >= 0.6 is 0 Å². The number of aliphatic hydroxyl groups excluding tert-OH is 1. The molecule has 1 rings (SSSR count). The highest BCUT2D eigenvalue weighted by Gasteiger charge is 2.08. The van der Waals surface area contributed by atoms with Crippen LogP contribution in [-0.4, -0.2) is 11.2 Å². The van der Waals surface area contributed by atoms with Crippen molar-refractivity contribution in [3.63, 3.8) is 0 Å². The number of rotatable bonds is 0. The molecule has 50 valence electrons. The van der Waals surface area contributed by atoms with E-state index in [4.69, 9.17) is 10.8 Å². The van der Waals surface area contributed by atoms with Gasteiger partial charge in [-0.25, -0.2) is 0 Å². The first-order chi connectivity index (χ1) is 4.20. The van der Waals surface area contributed by atoms with E-state index in [9.17, 15) is 0 Å². The summed E-state index contributed by atoms with van der Waals surface area (Å²) < 4.78 is 0. The Morgan fingerprint density at radius 3 is 2.89 bits per heavy atom. The second-order valence-corrected chi connectivity index (χ2v) is 2.34. The summed E-state index contributed by atoms with van der Waals surface area (Å²) in [5, 5.41) is 9.13. The summed E-state index contributed by atoms with van der Waals surface area (Å²) in [6, 6.07) is 0. The summed E-state index contributed by atoms with van der Waals surface area (Å²) in [4.78, 5) is 0. The van der Waals surface area contributed by atoms with Crippen LogP contribution in [0.5, 0.6) is 0 Å². The zero-order valence-corrected chi connectivity index (χ0v) is 5.46. The van der Waals surface area contributed by atoms with Gasteiger partial charge in [-0.1, -0.05) is 6.08 Å². The molecule has 0 saturated carbocycles. The van der Waals surface area contributed by atoms with Crippen molar-refractivity contribution < 1.29 is 5.11 Å². The molecule has 2 nitrogen and oxygen atoms in total. The first kappa shape index (κ1) is 6.36. The van der Waals surface area contributed by atoms with Crippen LogP contribution in [0.15, 0.2) is 23.4 Å². The smallest absolute Gasteiger partial charge is 0.0786 e. The minimum Gasteiger partial charge on any atom is -0.399 e. The van der Waals surface area contributed by atoms with Crippen LogP contribution in [0.3, 0.4) is 0 Å². The Morgan fingerprint density at radius 1 is 1.78 bits per heavy atom. The van der Waals surface area contributed by atoms with Crippen molar-refractivity contribution in [2.45, 2.75) is 19.4 Å². The number of aliphatic hydroxyl groups is 1. The van der Waals surface area contributed by atoms with Gasteiger partial charge in [0.1, 0.15) is 0 Å². The minimum absolute atomic E-state index is 0.308. The monoisotopic (exact) mass is 125 g/mol. The molecule has 0 radical (unpaired) electrons. The Hall–Kier alpha value is -0.760. The van der Waals surface area contributed by atoms with Crippen LogP contribution in [0.4, 0.5) is 0 Å². The van der Waals surface area contributed by atoms with Crippen molar-refractivity contribution in [1.82, 2.24) is 0 Å². The highest BCUT2D eigenvalue weighted by Crippen LogP contribution is 2.13. The molecule has 0 amide bonds. The lowest BCUT2D eigenvalue weighted by Crippen LogP contribution is -2.12. The summed E-state index contributed by atoms with van der Waals surface area (Å²) in [6.45, 7) is 1.88. The zero-order valence-electron chi connectivity index (χ0n) is 5.46. The van der Waals surface area contributed by atoms with Gasteiger partial charge in [-0.05, 0) is 25.0 Å². The molecular formula is C7H11NO. The molecule has 2 heteroatoms. The third-order valence-corrected chi connectivity index (χ3v) is 1.50. The van der Waals surface area contributed by atoms with Gasteiger partial charge in [0.05, 0.1) is 6.10 Å². The van der Waals surface area contributed by atoms with E-state index < -0.39 is 0 Å². The Labute approximate surface area is 54.7 Å². The van der Waals surface area contributed by atoms with Crippen LogP contribution in [-0.2, 0) is 0 Å². The Kier molecular flexibility index (Phi) is 1.58. The van der Waals surface area contributed by atoms with Gasteiger partial charge < -0.3 is 10.8 Å². The topological polar surface area (TPSA) is 46.2 Å². The molecule has 0 aliphatic heterocycles. The predicted molar refractivity (Wildman–Crippen MR) is 36.7 cm³/mol. The van der Waals surface area contributed by atoms with Gasteiger partial charge in [-0.2, -0.15) is 0 Å². The first-order valence-electron chi connectivity index (χ1n) is 3.02. The van der Waals surface area contributed by atoms with E-state index in [0.29, 0.717) is 6.42 Å². The Morgan fingerprint density at radius 2 is 2.44 bits per heavy atom. The normalized spacial score (nSPS) is 27.1. The molecular weight excluding hydrogens is 114 g/mol. The second kappa shape index (κ2) is 2.23. The molecule has 0 bridgehead atoms. The SMILES string of the molecule is CC1=CC(N)=CCC1O. The molecule has 0 spiro atoms. The van der Waals surface area contributed by atoms with E-state index in [-0.39, 0.29) is 6.10 Å². The average molecular weight is 125 g/mol. The lowest BCUT2D eigenvalue weighted by molar-refractivity contribution is 0.212. The molecule has 1 aliphatic rings. The second-order valence-electron chi connectivity index (χ2n) is 2.34. The minimum atomic E-state index is -0.308. The van der Waals surface area contributed by atoms with E-state index in [1.807, 2.05) is 13.0 Å². The molecule has 1 atom stereocenters. The number of nitrogens with two attached hydrogens (primary N) is 1. The summed E-state index contributed by atoms with van der Waals surface area (Å²) in [5.41, 5.74) is 7.18. The highest BCUT2D eigenvalue weighted by atomic mass is 16.3. The van der Waals surface area contributed by atoms with Crippen molar-refractivity contribution in [1.29, 1.82) is 0 Å². The summed E-state index contributed by atoms with van der Waals surface area (Å²) >= 11 is 0. The third-order valence-electron chi connectivity index (χ3n) is 1.50. The van der Waals surface area contributed by atoms with Crippen molar-refractivity contribution in [3.05, 3.63) is 23.4 Å². The van der Waals surface area contributed by atoms with Crippen LogP contribution in [0, 0.1) is 0 Å². The number of hydrogen-bond donors (Lipinski definition) is 2. The maximum atomic E-state index is 9.13. The van der Waals surface area contributed by atoms with E-state index >= 15 is 0 Å². The van der Waals surface area contributed by atoms with Crippen molar-refractivity contribution in [2.75, 3.05) is 0 Å². The van der Waals surface area contributed by atoms with Crippen LogP contribution in [0.1, 0.15) is 13.3 Å². The highest BCUT2D eigenvalue weighted by molar-refractivity contribution is 5.26. The molecule has 0 aromatic rings. The van der Waals surface area contributed by atoms with Crippen LogP contribution in [0.2, 0.25) is 0 Å². The number of hydrogen-bond acceptors (Lipinski definition) is 2. The standard InChI is InChI=1S/C7H11NO/c1-5-4-6(8)2-3-7(5)9/h2,4,7,9H,3,8H2,1H3. The maximum Gasteiger partial charge on any atom is 0.0786 e. The lowest BCUT2D eigenvalue weighted by Gasteiger charge is -2.13. The van der Waals surface area contributed by atoms with Gasteiger partial charge >= 0.3 is 0 Å². The van der Waals surface area contributed by atoms with E-state index in [1.54, 1.807) is 6.08 Å². The van der Waals surface area contributed by atoms with E-state index in [1.165, 1.54) is 0 Å².